The fourth-order valence-electron chi connectivity index (χ4n) is 1.88. The molecule has 20 heavy (non-hydrogen) atoms. The van der Waals surface area contributed by atoms with Gasteiger partial charge in [-0.3, -0.25) is 9.69 Å². The molecule has 3 amide bonds. The number of benzene rings is 1. The maximum absolute atomic E-state index is 12.0. The molecule has 0 aliphatic carbocycles. The van der Waals surface area contributed by atoms with E-state index in [0.29, 0.717) is 22.3 Å². The van der Waals surface area contributed by atoms with Gasteiger partial charge in [0.05, 0.1) is 10.0 Å². The third kappa shape index (κ3) is 3.05. The van der Waals surface area contributed by atoms with Crippen molar-refractivity contribution in [1.82, 2.24) is 10.2 Å². The Morgan fingerprint density at radius 2 is 1.85 bits per heavy atom. The second-order valence-electron chi connectivity index (χ2n) is 4.91. The van der Waals surface area contributed by atoms with Gasteiger partial charge in [0.25, 0.3) is 5.91 Å². The molecule has 1 aliphatic heterocycles. The number of amides is 3. The molecule has 7 heteroatoms. The maximum atomic E-state index is 12.0. The van der Waals surface area contributed by atoms with Crippen molar-refractivity contribution in [1.29, 1.82) is 0 Å². The first-order chi connectivity index (χ1) is 9.33. The number of carbonyl (C=O) groups is 2. The van der Waals surface area contributed by atoms with Crippen molar-refractivity contribution in [2.45, 2.75) is 24.3 Å². The van der Waals surface area contributed by atoms with Crippen molar-refractivity contribution in [3.63, 3.8) is 0 Å². The zero-order valence-electron chi connectivity index (χ0n) is 11.1. The van der Waals surface area contributed by atoms with Gasteiger partial charge in [-0.25, -0.2) is 4.79 Å². The van der Waals surface area contributed by atoms with Crippen LogP contribution in [0.3, 0.4) is 0 Å². The van der Waals surface area contributed by atoms with Gasteiger partial charge in [0.15, 0.2) is 0 Å². The minimum atomic E-state index is -0.830. The van der Waals surface area contributed by atoms with Crippen LogP contribution in [0.2, 0.25) is 10.0 Å². The van der Waals surface area contributed by atoms with Crippen LogP contribution < -0.4 is 5.32 Å². The molecule has 0 saturated carbocycles. The Kier molecular flexibility index (Phi) is 4.52. The highest BCUT2D eigenvalue weighted by molar-refractivity contribution is 7.99. The molecule has 0 spiro atoms. The van der Waals surface area contributed by atoms with Gasteiger partial charge >= 0.3 is 6.03 Å². The molecular weight excluding hydrogens is 319 g/mol. The minimum Gasteiger partial charge on any atom is -0.324 e. The molecule has 1 fully saturated rings. The Morgan fingerprint density at radius 1 is 1.25 bits per heavy atom. The molecule has 1 aliphatic rings. The van der Waals surface area contributed by atoms with Crippen LogP contribution in [0.5, 0.6) is 0 Å². The molecule has 0 aromatic heterocycles. The SMILES string of the molecule is CC1(C)NC(=O)N(CCSc2c(Cl)cccc2Cl)C1=O. The Hall–Kier alpha value is -0.910. The summed E-state index contributed by atoms with van der Waals surface area (Å²) in [6.07, 6.45) is 0. The van der Waals surface area contributed by atoms with E-state index in [9.17, 15) is 9.59 Å². The summed E-state index contributed by atoms with van der Waals surface area (Å²) in [5.74, 6) is 0.326. The second-order valence-corrected chi connectivity index (χ2v) is 6.83. The molecule has 1 saturated heterocycles. The molecule has 1 heterocycles. The van der Waals surface area contributed by atoms with Gasteiger partial charge in [-0.2, -0.15) is 0 Å². The Morgan fingerprint density at radius 3 is 2.35 bits per heavy atom. The lowest BCUT2D eigenvalue weighted by Crippen LogP contribution is -2.40. The van der Waals surface area contributed by atoms with Gasteiger partial charge in [0, 0.05) is 17.2 Å². The van der Waals surface area contributed by atoms with E-state index in [1.54, 1.807) is 32.0 Å². The van der Waals surface area contributed by atoms with Crippen LogP contribution in [0.4, 0.5) is 4.79 Å². The number of imide groups is 1. The van der Waals surface area contributed by atoms with Crippen molar-refractivity contribution in [2.75, 3.05) is 12.3 Å². The summed E-state index contributed by atoms with van der Waals surface area (Å²) in [6, 6.07) is 4.93. The summed E-state index contributed by atoms with van der Waals surface area (Å²) < 4.78 is 0. The predicted molar refractivity (Wildman–Crippen MR) is 81.5 cm³/mol. The maximum Gasteiger partial charge on any atom is 0.325 e. The smallest absolute Gasteiger partial charge is 0.324 e. The molecule has 2 rings (SSSR count). The average molecular weight is 333 g/mol. The van der Waals surface area contributed by atoms with E-state index >= 15 is 0 Å². The molecule has 1 N–H and O–H groups in total. The standard InChI is InChI=1S/C13H14Cl2N2O2S/c1-13(2)11(18)17(12(19)16-13)6-7-20-10-8(14)4-3-5-9(10)15/h3-5H,6-7H2,1-2H3,(H,16,19). The van der Waals surface area contributed by atoms with Gasteiger partial charge < -0.3 is 5.32 Å². The monoisotopic (exact) mass is 332 g/mol. The van der Waals surface area contributed by atoms with Crippen molar-refractivity contribution in [3.8, 4) is 0 Å². The quantitative estimate of drug-likeness (QED) is 0.678. The van der Waals surface area contributed by atoms with Crippen LogP contribution in [0.25, 0.3) is 0 Å². The number of hydrogen-bond acceptors (Lipinski definition) is 3. The highest BCUT2D eigenvalue weighted by atomic mass is 35.5. The van der Waals surface area contributed by atoms with Gasteiger partial charge in [0.1, 0.15) is 5.54 Å². The first-order valence-electron chi connectivity index (χ1n) is 6.04. The number of rotatable bonds is 4. The predicted octanol–water partition coefficient (Wildman–Crippen LogP) is 3.42. The summed E-state index contributed by atoms with van der Waals surface area (Å²) in [5, 5.41) is 3.78. The number of nitrogens with zero attached hydrogens (tertiary/aromatic N) is 1. The van der Waals surface area contributed by atoms with E-state index in [-0.39, 0.29) is 11.9 Å². The second kappa shape index (κ2) is 5.84. The molecule has 0 bridgehead atoms. The first-order valence-corrected chi connectivity index (χ1v) is 7.78. The van der Waals surface area contributed by atoms with Crippen molar-refractivity contribution in [3.05, 3.63) is 28.2 Å². The Labute approximate surface area is 131 Å². The normalized spacial score (nSPS) is 17.5. The van der Waals surface area contributed by atoms with E-state index in [4.69, 9.17) is 23.2 Å². The number of carbonyl (C=O) groups excluding carboxylic acids is 2. The lowest BCUT2D eigenvalue weighted by molar-refractivity contribution is -0.130. The minimum absolute atomic E-state index is 0.214. The Balaban J connectivity index is 1.97. The third-order valence-electron chi connectivity index (χ3n) is 2.92. The van der Waals surface area contributed by atoms with Crippen molar-refractivity contribution in [2.24, 2.45) is 0 Å². The summed E-state index contributed by atoms with van der Waals surface area (Å²) >= 11 is 13.6. The van der Waals surface area contributed by atoms with E-state index in [2.05, 4.69) is 5.32 Å². The molecule has 0 radical (unpaired) electrons. The molecule has 1 aromatic carbocycles. The van der Waals surface area contributed by atoms with Gasteiger partial charge in [-0.05, 0) is 26.0 Å². The number of thioether (sulfide) groups is 1. The van der Waals surface area contributed by atoms with Crippen molar-refractivity contribution < 1.29 is 9.59 Å². The number of halogens is 2. The van der Waals surface area contributed by atoms with Crippen LogP contribution >= 0.6 is 35.0 Å². The molecule has 1 aromatic rings. The van der Waals surface area contributed by atoms with Crippen molar-refractivity contribution >= 4 is 46.9 Å². The summed E-state index contributed by atoms with van der Waals surface area (Å²) in [5.41, 5.74) is -0.830. The molecule has 4 nitrogen and oxygen atoms in total. The zero-order valence-corrected chi connectivity index (χ0v) is 13.4. The summed E-state index contributed by atoms with van der Waals surface area (Å²) in [7, 11) is 0. The third-order valence-corrected chi connectivity index (χ3v) is 4.89. The average Bonchev–Trinajstić information content (AvgIpc) is 2.54. The lowest BCUT2D eigenvalue weighted by atomic mass is 10.1. The fraction of sp³-hybridized carbons (Fsp3) is 0.385. The van der Waals surface area contributed by atoms with Crippen LogP contribution in [0, 0.1) is 0 Å². The zero-order chi connectivity index (χ0) is 14.9. The highest BCUT2D eigenvalue weighted by Gasteiger charge is 2.43. The first kappa shape index (κ1) is 15.5. The van der Waals surface area contributed by atoms with Gasteiger partial charge in [-0.1, -0.05) is 29.3 Å². The highest BCUT2D eigenvalue weighted by Crippen LogP contribution is 2.33. The number of hydrogen-bond donors (Lipinski definition) is 1. The number of nitrogens with one attached hydrogen (secondary N) is 1. The fourth-order valence-corrected chi connectivity index (χ4v) is 3.50. The van der Waals surface area contributed by atoms with E-state index in [1.807, 2.05) is 0 Å². The lowest BCUT2D eigenvalue weighted by Gasteiger charge is -2.16. The molecular formula is C13H14Cl2N2O2S. The van der Waals surface area contributed by atoms with Crippen LogP contribution in [0.15, 0.2) is 23.1 Å². The Bertz CT molecular complexity index is 543. The number of urea groups is 1. The summed E-state index contributed by atoms with van der Waals surface area (Å²) in [4.78, 5) is 25.7. The van der Waals surface area contributed by atoms with Crippen LogP contribution in [-0.2, 0) is 4.79 Å². The van der Waals surface area contributed by atoms with Gasteiger partial charge in [-0.15, -0.1) is 11.8 Å². The topological polar surface area (TPSA) is 49.4 Å². The van der Waals surface area contributed by atoms with E-state index < -0.39 is 5.54 Å². The molecule has 0 unspecified atom stereocenters. The molecule has 108 valence electrons. The van der Waals surface area contributed by atoms with E-state index in [1.165, 1.54) is 16.7 Å². The largest absolute Gasteiger partial charge is 0.325 e. The molecule has 0 atom stereocenters. The van der Waals surface area contributed by atoms with Crippen LogP contribution in [0.1, 0.15) is 13.8 Å². The van der Waals surface area contributed by atoms with Crippen LogP contribution in [-0.4, -0.2) is 34.7 Å². The summed E-state index contributed by atoms with van der Waals surface area (Å²) in [6.45, 7) is 3.69. The van der Waals surface area contributed by atoms with E-state index in [0.717, 1.165) is 4.90 Å². The van der Waals surface area contributed by atoms with Gasteiger partial charge in [0.2, 0.25) is 0 Å².